The van der Waals surface area contributed by atoms with Crippen LogP contribution in [0.1, 0.15) is 17.5 Å². The van der Waals surface area contributed by atoms with Gasteiger partial charge in [0, 0.05) is 25.2 Å². The first kappa shape index (κ1) is 19.2. The SMILES string of the molecule is O=C(Cc1cccc2ccccc12)N1CCC(Oc2cc(C(F)(F)F)ccn2)C1. The topological polar surface area (TPSA) is 42.4 Å². The standard InChI is InChI=1S/C22H19F3N2O2/c23-22(24,25)17-8-10-26-20(13-17)29-18-9-11-27(14-18)21(28)12-16-6-3-5-15-4-1-2-7-19(15)16/h1-8,10,13,18H,9,11-12,14H2. The molecule has 2 heterocycles. The van der Waals surface area contributed by atoms with Gasteiger partial charge in [-0.2, -0.15) is 13.2 Å². The number of carbonyl (C=O) groups is 1. The van der Waals surface area contributed by atoms with Crippen LogP contribution >= 0.6 is 0 Å². The third-order valence-corrected chi connectivity index (χ3v) is 5.07. The Morgan fingerprint density at radius 2 is 1.93 bits per heavy atom. The van der Waals surface area contributed by atoms with Gasteiger partial charge in [-0.3, -0.25) is 4.79 Å². The van der Waals surface area contributed by atoms with Crippen LogP contribution in [-0.2, 0) is 17.4 Å². The molecule has 0 bridgehead atoms. The van der Waals surface area contributed by atoms with Crippen molar-refractivity contribution in [1.82, 2.24) is 9.88 Å². The van der Waals surface area contributed by atoms with Gasteiger partial charge in [0.1, 0.15) is 6.10 Å². The third-order valence-electron chi connectivity index (χ3n) is 5.07. The highest BCUT2D eigenvalue weighted by Crippen LogP contribution is 2.31. The lowest BCUT2D eigenvalue weighted by molar-refractivity contribution is -0.137. The number of nitrogens with zero attached hydrogens (tertiary/aromatic N) is 2. The summed E-state index contributed by atoms with van der Waals surface area (Å²) in [5, 5.41) is 2.12. The summed E-state index contributed by atoms with van der Waals surface area (Å²) < 4.78 is 44.1. The van der Waals surface area contributed by atoms with E-state index in [1.807, 2.05) is 42.5 Å². The number of alkyl halides is 3. The number of benzene rings is 2. The maximum Gasteiger partial charge on any atom is 0.416 e. The molecule has 1 aliphatic heterocycles. The zero-order valence-electron chi connectivity index (χ0n) is 15.5. The van der Waals surface area contributed by atoms with Crippen LogP contribution in [0.5, 0.6) is 5.88 Å². The predicted octanol–water partition coefficient (Wildman–Crippen LogP) is 4.48. The highest BCUT2D eigenvalue weighted by molar-refractivity contribution is 5.90. The molecule has 0 aliphatic carbocycles. The lowest BCUT2D eigenvalue weighted by Crippen LogP contribution is -2.32. The van der Waals surface area contributed by atoms with Gasteiger partial charge in [-0.1, -0.05) is 42.5 Å². The molecule has 4 rings (SSSR count). The van der Waals surface area contributed by atoms with E-state index in [4.69, 9.17) is 4.74 Å². The number of fused-ring (bicyclic) bond motifs is 1. The number of amides is 1. The zero-order chi connectivity index (χ0) is 20.4. The Labute approximate surface area is 165 Å². The highest BCUT2D eigenvalue weighted by Gasteiger charge is 2.32. The van der Waals surface area contributed by atoms with E-state index in [2.05, 4.69) is 4.98 Å². The zero-order valence-corrected chi connectivity index (χ0v) is 15.5. The second kappa shape index (κ2) is 7.73. The molecule has 0 spiro atoms. The van der Waals surface area contributed by atoms with Crippen LogP contribution in [0, 0.1) is 0 Å². The van der Waals surface area contributed by atoms with Gasteiger partial charge in [-0.05, 0) is 22.4 Å². The first-order valence-electron chi connectivity index (χ1n) is 9.34. The van der Waals surface area contributed by atoms with Crippen molar-refractivity contribution >= 4 is 16.7 Å². The Bertz CT molecular complexity index is 1030. The molecular weight excluding hydrogens is 381 g/mol. The molecule has 150 valence electrons. The van der Waals surface area contributed by atoms with Gasteiger partial charge in [-0.15, -0.1) is 0 Å². The third kappa shape index (κ3) is 4.34. The summed E-state index contributed by atoms with van der Waals surface area (Å²) in [6.07, 6.45) is -2.91. The quantitative estimate of drug-likeness (QED) is 0.649. The summed E-state index contributed by atoms with van der Waals surface area (Å²) in [6, 6.07) is 15.6. The predicted molar refractivity (Wildman–Crippen MR) is 103 cm³/mol. The van der Waals surface area contributed by atoms with Gasteiger partial charge in [0.2, 0.25) is 11.8 Å². The minimum absolute atomic E-state index is 0.0237. The molecule has 1 atom stereocenters. The molecule has 1 aliphatic rings. The van der Waals surface area contributed by atoms with Crippen LogP contribution in [0.4, 0.5) is 13.2 Å². The molecular formula is C22H19F3N2O2. The molecule has 1 unspecified atom stereocenters. The monoisotopic (exact) mass is 400 g/mol. The molecule has 4 nitrogen and oxygen atoms in total. The fourth-order valence-corrected chi connectivity index (χ4v) is 3.59. The van der Waals surface area contributed by atoms with E-state index in [0.29, 0.717) is 19.5 Å². The summed E-state index contributed by atoms with van der Waals surface area (Å²) in [4.78, 5) is 18.3. The summed E-state index contributed by atoms with van der Waals surface area (Å²) in [5.74, 6) is -0.0994. The molecule has 29 heavy (non-hydrogen) atoms. The molecule has 1 amide bonds. The van der Waals surface area contributed by atoms with E-state index in [0.717, 1.165) is 34.7 Å². The van der Waals surface area contributed by atoms with Crippen LogP contribution < -0.4 is 4.74 Å². The van der Waals surface area contributed by atoms with Crippen molar-refractivity contribution in [3.05, 3.63) is 71.9 Å². The number of ether oxygens (including phenoxy) is 1. The molecule has 0 saturated carbocycles. The largest absolute Gasteiger partial charge is 0.472 e. The molecule has 2 aromatic carbocycles. The van der Waals surface area contributed by atoms with Gasteiger partial charge < -0.3 is 9.64 Å². The second-order valence-corrected chi connectivity index (χ2v) is 7.06. The summed E-state index contributed by atoms with van der Waals surface area (Å²) in [6.45, 7) is 0.842. The first-order chi connectivity index (χ1) is 13.9. The van der Waals surface area contributed by atoms with Crippen molar-refractivity contribution in [1.29, 1.82) is 0 Å². The Kier molecular flexibility index (Phi) is 5.13. The normalized spacial score (nSPS) is 16.9. The van der Waals surface area contributed by atoms with Gasteiger partial charge in [-0.25, -0.2) is 4.98 Å². The summed E-state index contributed by atoms with van der Waals surface area (Å²) in [7, 11) is 0. The van der Waals surface area contributed by atoms with E-state index in [1.165, 1.54) is 0 Å². The van der Waals surface area contributed by atoms with E-state index in [-0.39, 0.29) is 24.3 Å². The minimum atomic E-state index is -4.45. The number of likely N-dealkylation sites (tertiary alicyclic amines) is 1. The van der Waals surface area contributed by atoms with E-state index >= 15 is 0 Å². The average Bonchev–Trinajstić information content (AvgIpc) is 3.16. The van der Waals surface area contributed by atoms with Crippen molar-refractivity contribution < 1.29 is 22.7 Å². The van der Waals surface area contributed by atoms with Gasteiger partial charge in [0.05, 0.1) is 18.5 Å². The van der Waals surface area contributed by atoms with Crippen molar-refractivity contribution in [2.24, 2.45) is 0 Å². The van der Waals surface area contributed by atoms with E-state index in [1.54, 1.807) is 4.90 Å². The molecule has 3 aromatic rings. The summed E-state index contributed by atoms with van der Waals surface area (Å²) in [5.41, 5.74) is 0.154. The molecule has 0 N–H and O–H groups in total. The minimum Gasteiger partial charge on any atom is -0.472 e. The Morgan fingerprint density at radius 1 is 1.14 bits per heavy atom. The van der Waals surface area contributed by atoms with E-state index in [9.17, 15) is 18.0 Å². The van der Waals surface area contributed by atoms with Gasteiger partial charge in [0.15, 0.2) is 0 Å². The number of hydrogen-bond donors (Lipinski definition) is 0. The molecule has 7 heteroatoms. The Balaban J connectivity index is 1.40. The van der Waals surface area contributed by atoms with Crippen LogP contribution in [0.15, 0.2) is 60.8 Å². The van der Waals surface area contributed by atoms with Crippen LogP contribution in [-0.4, -0.2) is 35.0 Å². The van der Waals surface area contributed by atoms with E-state index < -0.39 is 11.7 Å². The second-order valence-electron chi connectivity index (χ2n) is 7.06. The lowest BCUT2D eigenvalue weighted by atomic mass is 10.0. The number of rotatable bonds is 4. The molecule has 1 aromatic heterocycles. The van der Waals surface area contributed by atoms with Crippen LogP contribution in [0.3, 0.4) is 0 Å². The highest BCUT2D eigenvalue weighted by atomic mass is 19.4. The fourth-order valence-electron chi connectivity index (χ4n) is 3.59. The lowest BCUT2D eigenvalue weighted by Gasteiger charge is -2.18. The molecule has 1 saturated heterocycles. The number of hydrogen-bond acceptors (Lipinski definition) is 3. The summed E-state index contributed by atoms with van der Waals surface area (Å²) >= 11 is 0. The maximum absolute atomic E-state index is 12.8. The van der Waals surface area contributed by atoms with Gasteiger partial charge >= 0.3 is 6.18 Å². The Morgan fingerprint density at radius 3 is 2.76 bits per heavy atom. The number of pyridine rings is 1. The van der Waals surface area contributed by atoms with Crippen molar-refractivity contribution in [3.8, 4) is 5.88 Å². The van der Waals surface area contributed by atoms with Gasteiger partial charge in [0.25, 0.3) is 0 Å². The van der Waals surface area contributed by atoms with Crippen LogP contribution in [0.25, 0.3) is 10.8 Å². The average molecular weight is 400 g/mol. The van der Waals surface area contributed by atoms with Crippen molar-refractivity contribution in [3.63, 3.8) is 0 Å². The fraction of sp³-hybridized carbons (Fsp3) is 0.273. The van der Waals surface area contributed by atoms with Crippen molar-refractivity contribution in [2.45, 2.75) is 25.1 Å². The number of carbonyl (C=O) groups excluding carboxylic acids is 1. The van der Waals surface area contributed by atoms with Crippen LogP contribution in [0.2, 0.25) is 0 Å². The number of aromatic nitrogens is 1. The smallest absolute Gasteiger partial charge is 0.416 e. The number of halogens is 3. The maximum atomic E-state index is 12.8. The molecule has 1 fully saturated rings. The van der Waals surface area contributed by atoms with Crippen molar-refractivity contribution in [2.75, 3.05) is 13.1 Å². The molecule has 0 radical (unpaired) electrons. The first-order valence-corrected chi connectivity index (χ1v) is 9.34. The Hall–Kier alpha value is -3.09.